The van der Waals surface area contributed by atoms with E-state index in [2.05, 4.69) is 18.8 Å². The molecule has 0 bridgehead atoms. The van der Waals surface area contributed by atoms with E-state index in [4.69, 9.17) is 9.84 Å². The third kappa shape index (κ3) is 10.6. The smallest absolute Gasteiger partial charge is 0.306 e. The Hall–Kier alpha value is -1.50. The number of hydrogen-bond acceptors (Lipinski definition) is 3. The van der Waals surface area contributed by atoms with E-state index in [1.807, 2.05) is 0 Å². The Morgan fingerprint density at radius 2 is 1.94 bits per heavy atom. The zero-order valence-electron chi connectivity index (χ0n) is 9.62. The zero-order valence-corrected chi connectivity index (χ0v) is 9.62. The fourth-order valence-corrected chi connectivity index (χ4v) is 0.977. The van der Waals surface area contributed by atoms with Gasteiger partial charge in [-0.3, -0.25) is 9.59 Å². The molecule has 0 aromatic heterocycles. The first-order valence-corrected chi connectivity index (χ1v) is 5.50. The van der Waals surface area contributed by atoms with Gasteiger partial charge in [0, 0.05) is 19.3 Å². The highest BCUT2D eigenvalue weighted by Gasteiger charge is 2.03. The van der Waals surface area contributed by atoms with Gasteiger partial charge in [0.2, 0.25) is 0 Å². The molecule has 0 spiro atoms. The molecule has 16 heavy (non-hydrogen) atoms. The van der Waals surface area contributed by atoms with E-state index in [1.54, 1.807) is 0 Å². The number of carbonyl (C=O) groups excluding carboxylic acids is 1. The molecule has 90 valence electrons. The van der Waals surface area contributed by atoms with Crippen LogP contribution in [0.15, 0.2) is 0 Å². The molecule has 0 saturated heterocycles. The fourth-order valence-electron chi connectivity index (χ4n) is 0.977. The molecule has 0 saturated carbocycles. The van der Waals surface area contributed by atoms with Crippen LogP contribution in [0.1, 0.15) is 45.4 Å². The van der Waals surface area contributed by atoms with Gasteiger partial charge in [0.1, 0.15) is 0 Å². The van der Waals surface area contributed by atoms with Crippen LogP contribution in [0.4, 0.5) is 0 Å². The van der Waals surface area contributed by atoms with Crippen LogP contribution in [0.25, 0.3) is 0 Å². The number of carboxylic acid groups (broad SMARTS) is 1. The van der Waals surface area contributed by atoms with Crippen molar-refractivity contribution in [3.8, 4) is 11.8 Å². The molecule has 0 atom stereocenters. The van der Waals surface area contributed by atoms with Crippen molar-refractivity contribution in [3.05, 3.63) is 0 Å². The summed E-state index contributed by atoms with van der Waals surface area (Å²) in [6, 6.07) is 0. The molecule has 0 fully saturated rings. The molecule has 0 radical (unpaired) electrons. The second-order valence-electron chi connectivity index (χ2n) is 3.37. The lowest BCUT2D eigenvalue weighted by Gasteiger charge is -1.98. The van der Waals surface area contributed by atoms with E-state index >= 15 is 0 Å². The second-order valence-corrected chi connectivity index (χ2v) is 3.37. The normalized spacial score (nSPS) is 9.06. The maximum atomic E-state index is 11.0. The number of hydrogen-bond donors (Lipinski definition) is 1. The van der Waals surface area contributed by atoms with Crippen molar-refractivity contribution < 1.29 is 19.4 Å². The van der Waals surface area contributed by atoms with Gasteiger partial charge < -0.3 is 9.84 Å². The number of rotatable bonds is 7. The molecule has 0 aromatic carbocycles. The van der Waals surface area contributed by atoms with Gasteiger partial charge in [0.15, 0.2) is 6.61 Å². The van der Waals surface area contributed by atoms with Crippen molar-refractivity contribution in [2.45, 2.75) is 45.4 Å². The van der Waals surface area contributed by atoms with Crippen LogP contribution in [0.2, 0.25) is 0 Å². The number of ether oxygens (including phenoxy) is 1. The minimum atomic E-state index is -0.896. The van der Waals surface area contributed by atoms with Crippen molar-refractivity contribution in [1.29, 1.82) is 0 Å². The highest BCUT2D eigenvalue weighted by atomic mass is 16.5. The second kappa shape index (κ2) is 10.0. The third-order valence-corrected chi connectivity index (χ3v) is 1.86. The van der Waals surface area contributed by atoms with Gasteiger partial charge in [-0.1, -0.05) is 25.2 Å². The number of unbranched alkanes of at least 4 members (excludes halogenated alkanes) is 2. The van der Waals surface area contributed by atoms with Crippen LogP contribution in [-0.4, -0.2) is 23.7 Å². The Balaban J connectivity index is 3.42. The van der Waals surface area contributed by atoms with Crippen LogP contribution in [0.5, 0.6) is 0 Å². The Morgan fingerprint density at radius 1 is 1.19 bits per heavy atom. The summed E-state index contributed by atoms with van der Waals surface area (Å²) in [4.78, 5) is 21.2. The highest BCUT2D eigenvalue weighted by molar-refractivity contribution is 5.71. The van der Waals surface area contributed by atoms with Gasteiger partial charge in [-0.15, -0.1) is 0 Å². The van der Waals surface area contributed by atoms with Gasteiger partial charge >= 0.3 is 11.9 Å². The molecule has 0 aliphatic heterocycles. The largest absolute Gasteiger partial charge is 0.481 e. The molecule has 0 rings (SSSR count). The molecular formula is C12H18O4. The van der Waals surface area contributed by atoms with Crippen LogP contribution in [-0.2, 0) is 14.3 Å². The van der Waals surface area contributed by atoms with Gasteiger partial charge in [-0.05, 0) is 12.8 Å². The van der Waals surface area contributed by atoms with E-state index in [1.165, 1.54) is 0 Å². The molecule has 0 aromatic rings. The average Bonchev–Trinajstić information content (AvgIpc) is 2.22. The van der Waals surface area contributed by atoms with Crippen molar-refractivity contribution >= 4 is 11.9 Å². The number of aliphatic carboxylic acids is 1. The van der Waals surface area contributed by atoms with Crippen molar-refractivity contribution in [2.24, 2.45) is 0 Å². The minimum Gasteiger partial charge on any atom is -0.481 e. The van der Waals surface area contributed by atoms with Gasteiger partial charge in [0.05, 0.1) is 0 Å². The molecule has 0 aliphatic carbocycles. The third-order valence-electron chi connectivity index (χ3n) is 1.86. The van der Waals surface area contributed by atoms with Crippen LogP contribution >= 0.6 is 0 Å². The Labute approximate surface area is 96.0 Å². The van der Waals surface area contributed by atoms with E-state index in [0.29, 0.717) is 6.42 Å². The molecule has 4 nitrogen and oxygen atoms in total. The Morgan fingerprint density at radius 3 is 2.56 bits per heavy atom. The molecular weight excluding hydrogens is 208 g/mol. The minimum absolute atomic E-state index is 0.00270. The first-order valence-electron chi connectivity index (χ1n) is 5.50. The Kier molecular flexibility index (Phi) is 9.09. The maximum absolute atomic E-state index is 11.0. The summed E-state index contributed by atoms with van der Waals surface area (Å²) in [5.74, 6) is 4.36. The van der Waals surface area contributed by atoms with Crippen molar-refractivity contribution in [3.63, 3.8) is 0 Å². The van der Waals surface area contributed by atoms with Crippen molar-refractivity contribution in [1.82, 2.24) is 0 Å². The molecule has 0 unspecified atom stereocenters. The standard InChI is InChI=1S/C12H18O4/c1-2-3-4-5-6-10-16-12(15)9-7-8-11(13)14/h2-4,7-10H2,1H3,(H,13,14). The molecule has 0 amide bonds. The Bertz CT molecular complexity index is 272. The van der Waals surface area contributed by atoms with E-state index < -0.39 is 5.97 Å². The van der Waals surface area contributed by atoms with Gasteiger partial charge in [-0.25, -0.2) is 0 Å². The SMILES string of the molecule is CCCCC#CCOC(=O)CCCC(=O)O. The van der Waals surface area contributed by atoms with E-state index in [9.17, 15) is 9.59 Å². The van der Waals surface area contributed by atoms with E-state index in [-0.39, 0.29) is 25.4 Å². The van der Waals surface area contributed by atoms with Gasteiger partial charge in [-0.2, -0.15) is 0 Å². The predicted octanol–water partition coefficient (Wildman–Crippen LogP) is 1.98. The monoisotopic (exact) mass is 226 g/mol. The lowest BCUT2D eigenvalue weighted by atomic mass is 10.2. The first-order chi connectivity index (χ1) is 7.66. The highest BCUT2D eigenvalue weighted by Crippen LogP contribution is 1.97. The topological polar surface area (TPSA) is 63.6 Å². The lowest BCUT2D eigenvalue weighted by Crippen LogP contribution is -2.05. The fraction of sp³-hybridized carbons (Fsp3) is 0.667. The van der Waals surface area contributed by atoms with Crippen LogP contribution in [0, 0.1) is 11.8 Å². The molecule has 0 aliphatic rings. The summed E-state index contributed by atoms with van der Waals surface area (Å²) in [7, 11) is 0. The first kappa shape index (κ1) is 14.5. The van der Waals surface area contributed by atoms with Gasteiger partial charge in [0.25, 0.3) is 0 Å². The van der Waals surface area contributed by atoms with Crippen molar-refractivity contribution in [2.75, 3.05) is 6.61 Å². The van der Waals surface area contributed by atoms with E-state index in [0.717, 1.165) is 19.3 Å². The lowest BCUT2D eigenvalue weighted by molar-refractivity contribution is -0.142. The number of carboxylic acids is 1. The summed E-state index contributed by atoms with van der Waals surface area (Å²) in [5.41, 5.74) is 0. The predicted molar refractivity (Wildman–Crippen MR) is 59.7 cm³/mol. The van der Waals surface area contributed by atoms with Crippen LogP contribution in [0.3, 0.4) is 0 Å². The average molecular weight is 226 g/mol. The quantitative estimate of drug-likeness (QED) is 0.409. The number of carbonyl (C=O) groups is 2. The summed E-state index contributed by atoms with van der Waals surface area (Å²) in [6.45, 7) is 2.19. The summed E-state index contributed by atoms with van der Waals surface area (Å²) < 4.78 is 4.80. The number of esters is 1. The summed E-state index contributed by atoms with van der Waals surface area (Å²) in [6.07, 6.45) is 3.44. The maximum Gasteiger partial charge on any atom is 0.306 e. The molecule has 1 N–H and O–H groups in total. The molecule has 4 heteroatoms. The van der Waals surface area contributed by atoms with Crippen LogP contribution < -0.4 is 0 Å². The summed E-state index contributed by atoms with van der Waals surface area (Å²) in [5, 5.41) is 8.35. The zero-order chi connectivity index (χ0) is 12.2. The summed E-state index contributed by atoms with van der Waals surface area (Å²) >= 11 is 0. The molecule has 0 heterocycles.